The van der Waals surface area contributed by atoms with Crippen molar-refractivity contribution in [3.63, 3.8) is 0 Å². The van der Waals surface area contributed by atoms with E-state index in [1.807, 2.05) is 13.8 Å². The molecule has 0 unspecified atom stereocenters. The lowest BCUT2D eigenvalue weighted by Gasteiger charge is -2.37. The molecule has 0 saturated carbocycles. The molecule has 0 radical (unpaired) electrons. The highest BCUT2D eigenvalue weighted by Crippen LogP contribution is 2.29. The second-order valence-electron chi connectivity index (χ2n) is 5.60. The summed E-state index contributed by atoms with van der Waals surface area (Å²) in [5, 5.41) is 3.11. The molecule has 1 saturated heterocycles. The van der Waals surface area contributed by atoms with Gasteiger partial charge in [-0.05, 0) is 31.8 Å². The van der Waals surface area contributed by atoms with Gasteiger partial charge in [0.2, 0.25) is 5.91 Å². The number of hydrogen-bond acceptors (Lipinski definition) is 4. The van der Waals surface area contributed by atoms with E-state index in [4.69, 9.17) is 0 Å². The maximum Gasteiger partial charge on any atom is 0.243 e. The summed E-state index contributed by atoms with van der Waals surface area (Å²) in [6, 6.07) is 0. The Kier molecular flexibility index (Phi) is 6.78. The highest BCUT2D eigenvalue weighted by molar-refractivity contribution is 7.92. The zero-order chi connectivity index (χ0) is 14.0. The van der Waals surface area contributed by atoms with Crippen LogP contribution in [0.3, 0.4) is 0 Å². The van der Waals surface area contributed by atoms with Crippen molar-refractivity contribution in [3.8, 4) is 0 Å². The van der Waals surface area contributed by atoms with Gasteiger partial charge in [-0.2, -0.15) is 0 Å². The molecule has 0 spiro atoms. The molecular weight excluding hydrogens is 288 g/mol. The normalized spacial score (nSPS) is 18.8. The Bertz CT molecular complexity index is 403. The average Bonchev–Trinajstić information content (AvgIpc) is 2.26. The van der Waals surface area contributed by atoms with Crippen molar-refractivity contribution in [2.75, 3.05) is 32.9 Å². The zero-order valence-corrected chi connectivity index (χ0v) is 13.7. The van der Waals surface area contributed by atoms with E-state index in [1.165, 1.54) is 6.26 Å². The topological polar surface area (TPSA) is 66.5 Å². The molecule has 1 aliphatic rings. The van der Waals surface area contributed by atoms with Crippen LogP contribution in [0.1, 0.15) is 26.7 Å². The Hall–Kier alpha value is -0.330. The molecule has 0 atom stereocenters. The quantitative estimate of drug-likeness (QED) is 0.829. The van der Waals surface area contributed by atoms with E-state index in [1.54, 1.807) is 11.9 Å². The van der Waals surface area contributed by atoms with Crippen LogP contribution in [0.2, 0.25) is 0 Å². The predicted octanol–water partition coefficient (Wildman–Crippen LogP) is 0.689. The SMILES string of the molecule is CC(C)CN(C)C(=O)C1(S(C)(=O)=O)CCNCC1.Cl. The Balaban J connectivity index is 0.00000324. The van der Waals surface area contributed by atoms with Gasteiger partial charge in [0.05, 0.1) is 0 Å². The molecule has 0 aromatic carbocycles. The van der Waals surface area contributed by atoms with Crippen molar-refractivity contribution in [2.24, 2.45) is 5.92 Å². The third kappa shape index (κ3) is 4.07. The van der Waals surface area contributed by atoms with Crippen molar-refractivity contribution < 1.29 is 13.2 Å². The molecule has 114 valence electrons. The first-order chi connectivity index (χ1) is 8.21. The van der Waals surface area contributed by atoms with Crippen LogP contribution in [-0.4, -0.2) is 56.9 Å². The van der Waals surface area contributed by atoms with Crippen LogP contribution in [-0.2, 0) is 14.6 Å². The fourth-order valence-corrected chi connectivity index (χ4v) is 3.97. The number of carbonyl (C=O) groups is 1. The van der Waals surface area contributed by atoms with Crippen LogP contribution >= 0.6 is 12.4 Å². The number of piperidine rings is 1. The molecule has 1 amide bonds. The summed E-state index contributed by atoms with van der Waals surface area (Å²) in [6.07, 6.45) is 1.92. The monoisotopic (exact) mass is 312 g/mol. The summed E-state index contributed by atoms with van der Waals surface area (Å²) in [6.45, 7) is 5.77. The fourth-order valence-electron chi connectivity index (χ4n) is 2.55. The van der Waals surface area contributed by atoms with Gasteiger partial charge in [-0.25, -0.2) is 8.42 Å². The molecule has 1 N–H and O–H groups in total. The molecule has 0 aliphatic carbocycles. The number of sulfone groups is 1. The lowest BCUT2D eigenvalue weighted by molar-refractivity contribution is -0.133. The van der Waals surface area contributed by atoms with E-state index in [-0.39, 0.29) is 18.3 Å². The molecule has 1 fully saturated rings. The van der Waals surface area contributed by atoms with Crippen LogP contribution in [0.25, 0.3) is 0 Å². The van der Waals surface area contributed by atoms with Crippen LogP contribution < -0.4 is 5.32 Å². The number of hydrogen-bond donors (Lipinski definition) is 1. The summed E-state index contributed by atoms with van der Waals surface area (Å²) in [5.74, 6) is 0.0810. The molecule has 7 heteroatoms. The van der Waals surface area contributed by atoms with Gasteiger partial charge < -0.3 is 10.2 Å². The van der Waals surface area contributed by atoms with Gasteiger partial charge in [0, 0.05) is 19.8 Å². The zero-order valence-electron chi connectivity index (χ0n) is 12.1. The van der Waals surface area contributed by atoms with E-state index in [9.17, 15) is 13.2 Å². The standard InChI is InChI=1S/C12H24N2O3S.ClH/c1-10(2)9-14(3)11(15)12(18(4,16)17)5-7-13-8-6-12;/h10,13H,5-9H2,1-4H3;1H. The number of halogens is 1. The molecule has 0 aromatic heterocycles. The van der Waals surface area contributed by atoms with Crippen LogP contribution in [0.4, 0.5) is 0 Å². The van der Waals surface area contributed by atoms with Crippen molar-refractivity contribution in [2.45, 2.75) is 31.4 Å². The first-order valence-electron chi connectivity index (χ1n) is 6.36. The largest absolute Gasteiger partial charge is 0.344 e. The Morgan fingerprint density at radius 2 is 1.79 bits per heavy atom. The minimum absolute atomic E-state index is 0. The van der Waals surface area contributed by atoms with Gasteiger partial charge in [-0.15, -0.1) is 12.4 Å². The molecular formula is C12H25ClN2O3S. The van der Waals surface area contributed by atoms with E-state index < -0.39 is 14.6 Å². The molecule has 0 aromatic rings. The first-order valence-corrected chi connectivity index (χ1v) is 8.26. The van der Waals surface area contributed by atoms with Crippen LogP contribution in [0, 0.1) is 5.92 Å². The number of nitrogens with zero attached hydrogens (tertiary/aromatic N) is 1. The number of carbonyl (C=O) groups excluding carboxylic acids is 1. The summed E-state index contributed by atoms with van der Waals surface area (Å²) in [4.78, 5) is 14.1. The number of amides is 1. The highest BCUT2D eigenvalue weighted by atomic mass is 35.5. The Labute approximate surface area is 122 Å². The smallest absolute Gasteiger partial charge is 0.243 e. The van der Waals surface area contributed by atoms with Gasteiger partial charge >= 0.3 is 0 Å². The second-order valence-corrected chi connectivity index (χ2v) is 7.92. The van der Waals surface area contributed by atoms with Crippen LogP contribution in [0.15, 0.2) is 0 Å². The maximum absolute atomic E-state index is 12.5. The third-order valence-electron chi connectivity index (χ3n) is 3.50. The van der Waals surface area contributed by atoms with E-state index in [0.29, 0.717) is 38.4 Å². The lowest BCUT2D eigenvalue weighted by atomic mass is 9.95. The Morgan fingerprint density at radius 3 is 2.16 bits per heavy atom. The van der Waals surface area contributed by atoms with E-state index in [0.717, 1.165) is 0 Å². The predicted molar refractivity (Wildman–Crippen MR) is 79.4 cm³/mol. The third-order valence-corrected chi connectivity index (χ3v) is 5.50. The lowest BCUT2D eigenvalue weighted by Crippen LogP contribution is -2.57. The van der Waals surface area contributed by atoms with Crippen molar-refractivity contribution in [3.05, 3.63) is 0 Å². The van der Waals surface area contributed by atoms with Crippen molar-refractivity contribution in [1.82, 2.24) is 10.2 Å². The first kappa shape index (κ1) is 18.7. The fraction of sp³-hybridized carbons (Fsp3) is 0.917. The summed E-state index contributed by atoms with van der Waals surface area (Å²) in [5.41, 5.74) is 0. The van der Waals surface area contributed by atoms with Crippen molar-refractivity contribution >= 4 is 28.2 Å². The van der Waals surface area contributed by atoms with Gasteiger partial charge in [0.25, 0.3) is 0 Å². The highest BCUT2D eigenvalue weighted by Gasteiger charge is 2.49. The number of rotatable bonds is 4. The average molecular weight is 313 g/mol. The molecule has 0 bridgehead atoms. The molecule has 19 heavy (non-hydrogen) atoms. The minimum atomic E-state index is -3.40. The minimum Gasteiger partial charge on any atom is -0.344 e. The molecule has 1 rings (SSSR count). The van der Waals surface area contributed by atoms with Gasteiger partial charge in [0.15, 0.2) is 14.6 Å². The summed E-state index contributed by atoms with van der Waals surface area (Å²) in [7, 11) is -1.71. The van der Waals surface area contributed by atoms with Gasteiger partial charge in [-0.3, -0.25) is 4.79 Å². The number of nitrogens with one attached hydrogen (secondary N) is 1. The van der Waals surface area contributed by atoms with Crippen molar-refractivity contribution in [1.29, 1.82) is 0 Å². The van der Waals surface area contributed by atoms with E-state index >= 15 is 0 Å². The second kappa shape index (κ2) is 6.90. The summed E-state index contributed by atoms with van der Waals surface area (Å²) < 4.78 is 22.9. The van der Waals surface area contributed by atoms with Crippen LogP contribution in [0.5, 0.6) is 0 Å². The molecule has 5 nitrogen and oxygen atoms in total. The molecule has 1 aliphatic heterocycles. The van der Waals surface area contributed by atoms with E-state index in [2.05, 4.69) is 5.32 Å². The van der Waals surface area contributed by atoms with Gasteiger partial charge in [-0.1, -0.05) is 13.8 Å². The van der Waals surface area contributed by atoms with Gasteiger partial charge in [0.1, 0.15) is 0 Å². The molecule has 1 heterocycles. The maximum atomic E-state index is 12.5. The Morgan fingerprint density at radius 1 is 1.32 bits per heavy atom. The summed E-state index contributed by atoms with van der Waals surface area (Å²) >= 11 is 0.